The van der Waals surface area contributed by atoms with Gasteiger partial charge in [-0.1, -0.05) is 35.5 Å². The van der Waals surface area contributed by atoms with E-state index < -0.39 is 39.7 Å². The average Bonchev–Trinajstić information content (AvgIpc) is 3.03. The molecular formula is C34H36F2N4O6S. The number of carbonyl (C=O) groups excluding carboxylic acids is 1. The number of anilines is 2. The first-order valence-corrected chi connectivity index (χ1v) is 16.4. The summed E-state index contributed by atoms with van der Waals surface area (Å²) >= 11 is 0. The van der Waals surface area contributed by atoms with Gasteiger partial charge in [0.2, 0.25) is 10.0 Å². The highest BCUT2D eigenvalue weighted by molar-refractivity contribution is 7.92. The number of hydrogen-bond acceptors (Lipinski definition) is 8. The lowest BCUT2D eigenvalue weighted by Crippen LogP contribution is -2.48. The molecule has 4 N–H and O–H groups in total. The van der Waals surface area contributed by atoms with E-state index in [-0.39, 0.29) is 41.1 Å². The quantitative estimate of drug-likeness (QED) is 0.0865. The maximum absolute atomic E-state index is 14.1. The van der Waals surface area contributed by atoms with Crippen LogP contribution in [0.5, 0.6) is 5.75 Å². The van der Waals surface area contributed by atoms with Gasteiger partial charge in [0.15, 0.2) is 0 Å². The first-order chi connectivity index (χ1) is 22.4. The molecule has 248 valence electrons. The fraction of sp³-hybridized carbons (Fsp3) is 0.235. The van der Waals surface area contributed by atoms with Crippen LogP contribution in [0.25, 0.3) is 0 Å². The number of sulfonamides is 1. The van der Waals surface area contributed by atoms with Crippen molar-refractivity contribution in [2.45, 2.75) is 32.0 Å². The molecule has 0 unspecified atom stereocenters. The van der Waals surface area contributed by atoms with Crippen LogP contribution in [0, 0.1) is 11.6 Å². The van der Waals surface area contributed by atoms with Gasteiger partial charge in [-0.05, 0) is 79.1 Å². The maximum Gasteiger partial charge on any atom is 0.251 e. The topological polar surface area (TPSA) is 141 Å². The van der Waals surface area contributed by atoms with Gasteiger partial charge in [0.05, 0.1) is 42.6 Å². The van der Waals surface area contributed by atoms with Gasteiger partial charge in [0.25, 0.3) is 5.91 Å². The molecule has 0 saturated carbocycles. The fourth-order valence-corrected chi connectivity index (χ4v) is 6.02. The minimum Gasteiger partial charge on any atom is -0.497 e. The summed E-state index contributed by atoms with van der Waals surface area (Å²) in [4.78, 5) is 13.8. The zero-order valence-electron chi connectivity index (χ0n) is 26.0. The van der Waals surface area contributed by atoms with Crippen LogP contribution in [0.1, 0.15) is 34.0 Å². The Morgan fingerprint density at radius 1 is 0.915 bits per heavy atom. The summed E-state index contributed by atoms with van der Waals surface area (Å²) in [7, 11) is -2.36. The SMILES string of the molecule is COc1cccc(CNC[C@@H](O)[C@H](Cc2cc(F)cc(F)c2)NC(=O)c2cc(/C(C)=N\O)cc(N(c3ccccc3)S(C)(=O)=O)c2)c1. The van der Waals surface area contributed by atoms with Crippen LogP contribution in [-0.2, 0) is 23.0 Å². The minimum atomic E-state index is -3.91. The van der Waals surface area contributed by atoms with Crippen LogP contribution in [-0.4, -0.2) is 62.4 Å². The molecule has 0 fully saturated rings. The molecule has 0 aliphatic carbocycles. The van der Waals surface area contributed by atoms with E-state index in [4.69, 9.17) is 4.74 Å². The monoisotopic (exact) mass is 666 g/mol. The smallest absolute Gasteiger partial charge is 0.251 e. The van der Waals surface area contributed by atoms with Gasteiger partial charge in [-0.2, -0.15) is 0 Å². The molecule has 0 aliphatic rings. The summed E-state index contributed by atoms with van der Waals surface area (Å²) in [6.45, 7) is 1.83. The Kier molecular flexibility index (Phi) is 11.6. The Morgan fingerprint density at radius 2 is 1.60 bits per heavy atom. The second-order valence-corrected chi connectivity index (χ2v) is 12.8. The number of hydrogen-bond donors (Lipinski definition) is 4. The molecule has 10 nitrogen and oxygen atoms in total. The highest BCUT2D eigenvalue weighted by Gasteiger charge is 2.26. The molecule has 4 rings (SSSR count). The number of methoxy groups -OCH3 is 1. The van der Waals surface area contributed by atoms with Gasteiger partial charge in [0.1, 0.15) is 17.4 Å². The number of oxime groups is 1. The van der Waals surface area contributed by atoms with Crippen LogP contribution in [0.3, 0.4) is 0 Å². The Labute approximate surface area is 272 Å². The second kappa shape index (κ2) is 15.6. The number of aliphatic hydroxyl groups is 1. The molecule has 47 heavy (non-hydrogen) atoms. The van der Waals surface area contributed by atoms with E-state index in [2.05, 4.69) is 15.8 Å². The van der Waals surface area contributed by atoms with Gasteiger partial charge in [0, 0.05) is 30.3 Å². The Balaban J connectivity index is 1.66. The number of rotatable bonds is 14. The summed E-state index contributed by atoms with van der Waals surface area (Å²) < 4.78 is 60.4. The van der Waals surface area contributed by atoms with E-state index in [1.54, 1.807) is 43.5 Å². The zero-order chi connectivity index (χ0) is 34.1. The van der Waals surface area contributed by atoms with Crippen molar-refractivity contribution in [3.05, 3.63) is 125 Å². The maximum atomic E-state index is 14.1. The molecule has 4 aromatic rings. The van der Waals surface area contributed by atoms with Crippen molar-refractivity contribution in [3.63, 3.8) is 0 Å². The predicted octanol–water partition coefficient (Wildman–Crippen LogP) is 4.76. The lowest BCUT2D eigenvalue weighted by molar-refractivity contribution is 0.0830. The lowest BCUT2D eigenvalue weighted by Gasteiger charge is -2.26. The number of halogens is 2. The van der Waals surface area contributed by atoms with Crippen LogP contribution in [0.4, 0.5) is 20.2 Å². The molecule has 0 heterocycles. The predicted molar refractivity (Wildman–Crippen MR) is 176 cm³/mol. The fourth-order valence-electron chi connectivity index (χ4n) is 5.03. The van der Waals surface area contributed by atoms with Gasteiger partial charge in [-0.3, -0.25) is 4.79 Å². The Bertz CT molecular complexity index is 1820. The van der Waals surface area contributed by atoms with Crippen molar-refractivity contribution >= 4 is 33.0 Å². The first-order valence-electron chi connectivity index (χ1n) is 14.5. The van der Waals surface area contributed by atoms with Crippen molar-refractivity contribution in [1.82, 2.24) is 10.6 Å². The molecule has 13 heteroatoms. The number of para-hydroxylation sites is 1. The number of ether oxygens (including phenoxy) is 1. The van der Waals surface area contributed by atoms with Gasteiger partial charge in [-0.15, -0.1) is 0 Å². The molecule has 0 aromatic heterocycles. The van der Waals surface area contributed by atoms with Crippen LogP contribution >= 0.6 is 0 Å². The number of amides is 1. The Morgan fingerprint density at radius 3 is 2.23 bits per heavy atom. The van der Waals surface area contributed by atoms with Gasteiger partial charge >= 0.3 is 0 Å². The third-order valence-electron chi connectivity index (χ3n) is 7.28. The van der Waals surface area contributed by atoms with E-state index >= 15 is 0 Å². The van der Waals surface area contributed by atoms with Crippen LogP contribution in [0.15, 0.2) is 96.2 Å². The van der Waals surface area contributed by atoms with E-state index in [0.717, 1.165) is 34.3 Å². The highest BCUT2D eigenvalue weighted by atomic mass is 32.2. The normalized spacial score (nSPS) is 13.1. The number of nitrogens with zero attached hydrogens (tertiary/aromatic N) is 2. The van der Waals surface area contributed by atoms with Crippen molar-refractivity contribution < 1.29 is 37.0 Å². The van der Waals surface area contributed by atoms with Crippen molar-refractivity contribution in [3.8, 4) is 5.75 Å². The summed E-state index contributed by atoms with van der Waals surface area (Å²) in [6.07, 6.45) is -0.343. The molecule has 1 amide bonds. The average molecular weight is 667 g/mol. The van der Waals surface area contributed by atoms with E-state index in [9.17, 15) is 32.3 Å². The van der Waals surface area contributed by atoms with E-state index in [1.807, 2.05) is 18.2 Å². The van der Waals surface area contributed by atoms with E-state index in [1.165, 1.54) is 25.1 Å². The van der Waals surface area contributed by atoms with E-state index in [0.29, 0.717) is 18.0 Å². The summed E-state index contributed by atoms with van der Waals surface area (Å²) in [5.41, 5.74) is 1.82. The Hall–Kier alpha value is -4.85. The summed E-state index contributed by atoms with van der Waals surface area (Å²) in [6, 6.07) is 21.7. The summed E-state index contributed by atoms with van der Waals surface area (Å²) in [5, 5.41) is 29.8. The molecule has 0 saturated heterocycles. The molecule has 4 aromatic carbocycles. The number of benzene rings is 4. The van der Waals surface area contributed by atoms with Crippen molar-refractivity contribution in [2.75, 3.05) is 24.2 Å². The van der Waals surface area contributed by atoms with Crippen LogP contribution in [0.2, 0.25) is 0 Å². The second-order valence-electron chi connectivity index (χ2n) is 10.9. The standard InChI is InChI=1S/C34H36F2N4O6S/c1-22(39-43)25-16-26(18-30(17-25)40(47(3,44)45)29-9-5-4-6-10-29)34(42)38-32(15-24-12-27(35)19-28(36)13-24)33(41)21-37-20-23-8-7-11-31(14-23)46-2/h4-14,16-19,32-33,37,41,43H,15,20-21H2,1-3H3,(H,38,42)/b39-22-/t32-,33+/m0/s1. The van der Waals surface area contributed by atoms with Gasteiger partial charge < -0.3 is 25.7 Å². The molecular weight excluding hydrogens is 630 g/mol. The molecule has 0 aliphatic heterocycles. The third-order valence-corrected chi connectivity index (χ3v) is 8.37. The minimum absolute atomic E-state index is 0.00259. The van der Waals surface area contributed by atoms with Crippen molar-refractivity contribution in [1.29, 1.82) is 0 Å². The molecule has 2 atom stereocenters. The first kappa shape index (κ1) is 35.0. The molecule has 0 spiro atoms. The lowest BCUT2D eigenvalue weighted by atomic mass is 9.99. The van der Waals surface area contributed by atoms with Crippen molar-refractivity contribution in [2.24, 2.45) is 5.16 Å². The number of carbonyl (C=O) groups is 1. The molecule has 0 bridgehead atoms. The summed E-state index contributed by atoms with van der Waals surface area (Å²) in [5.74, 6) is -1.68. The molecule has 0 radical (unpaired) electrons. The third kappa shape index (κ3) is 9.58. The van der Waals surface area contributed by atoms with Crippen LogP contribution < -0.4 is 19.7 Å². The zero-order valence-corrected chi connectivity index (χ0v) is 26.8. The number of nitrogens with one attached hydrogen (secondary N) is 2. The number of aliphatic hydroxyl groups excluding tert-OH is 1. The highest BCUT2D eigenvalue weighted by Crippen LogP contribution is 2.30. The largest absolute Gasteiger partial charge is 0.497 e. The van der Waals surface area contributed by atoms with Gasteiger partial charge in [-0.25, -0.2) is 21.5 Å².